The Bertz CT molecular complexity index is 922. The van der Waals surface area contributed by atoms with Crippen LogP contribution in [0.1, 0.15) is 38.7 Å². The van der Waals surface area contributed by atoms with Crippen LogP contribution in [0.2, 0.25) is 0 Å². The number of benzene rings is 1. The van der Waals surface area contributed by atoms with Crippen molar-refractivity contribution in [3.63, 3.8) is 0 Å². The van der Waals surface area contributed by atoms with Crippen molar-refractivity contribution in [2.24, 2.45) is 17.4 Å². The Morgan fingerprint density at radius 1 is 0.889 bits per heavy atom. The average molecular weight is 510 g/mol. The summed E-state index contributed by atoms with van der Waals surface area (Å²) in [6.45, 7) is 2.77. The van der Waals surface area contributed by atoms with Crippen LogP contribution in [0.5, 0.6) is 5.75 Å². The quantitative estimate of drug-likeness (QED) is 0.132. The van der Waals surface area contributed by atoms with E-state index < -0.39 is 60.4 Å². The fourth-order valence-electron chi connectivity index (χ4n) is 3.22. The fraction of sp³-hybridized carbons (Fsp3) is 0.522. The minimum atomic E-state index is -1.49. The fourth-order valence-corrected chi connectivity index (χ4v) is 3.22. The number of nitrogens with one attached hydrogen (secondary N) is 3. The van der Waals surface area contributed by atoms with E-state index >= 15 is 0 Å². The minimum absolute atomic E-state index is 0.00501. The molecule has 4 unspecified atom stereocenters. The number of amides is 4. The van der Waals surface area contributed by atoms with E-state index in [1.165, 1.54) is 24.3 Å². The van der Waals surface area contributed by atoms with Gasteiger partial charge in [0.1, 0.15) is 23.9 Å². The molecular weight excluding hydrogens is 474 g/mol. The summed E-state index contributed by atoms with van der Waals surface area (Å²) < 4.78 is 0. The number of aliphatic hydroxyl groups excluding tert-OH is 1. The number of carboxylic acid groups (broad SMARTS) is 1. The maximum absolute atomic E-state index is 12.8. The number of hydrogen-bond donors (Lipinski definition) is 8. The molecule has 0 spiro atoms. The number of rotatable bonds is 15. The molecule has 1 rings (SSSR count). The normalized spacial score (nSPS) is 14.2. The average Bonchev–Trinajstić information content (AvgIpc) is 2.80. The lowest BCUT2D eigenvalue weighted by atomic mass is 10.0. The highest BCUT2D eigenvalue weighted by Gasteiger charge is 2.30. The van der Waals surface area contributed by atoms with Gasteiger partial charge in [-0.2, -0.15) is 0 Å². The van der Waals surface area contributed by atoms with Gasteiger partial charge < -0.3 is 42.7 Å². The molecule has 0 saturated heterocycles. The molecule has 0 fully saturated rings. The molecule has 1 aromatic rings. The van der Waals surface area contributed by atoms with Crippen LogP contribution in [0, 0.1) is 5.92 Å². The van der Waals surface area contributed by atoms with E-state index in [1.54, 1.807) is 13.8 Å². The molecule has 0 aromatic heterocycles. The number of carbonyl (C=O) groups is 5. The first-order valence-electron chi connectivity index (χ1n) is 11.4. The molecule has 0 heterocycles. The smallest absolute Gasteiger partial charge is 0.326 e. The highest BCUT2D eigenvalue weighted by atomic mass is 16.4. The van der Waals surface area contributed by atoms with Gasteiger partial charge in [-0.15, -0.1) is 0 Å². The van der Waals surface area contributed by atoms with Crippen LogP contribution >= 0.6 is 0 Å². The number of phenolic OH excluding ortho intramolecular Hbond substituents is 1. The molecule has 13 nitrogen and oxygen atoms in total. The third-order valence-electron chi connectivity index (χ3n) is 5.18. The van der Waals surface area contributed by atoms with Gasteiger partial charge in [0.2, 0.25) is 23.6 Å². The zero-order valence-electron chi connectivity index (χ0n) is 20.3. The number of aliphatic carboxylic acids is 1. The zero-order chi connectivity index (χ0) is 27.4. The van der Waals surface area contributed by atoms with Gasteiger partial charge in [-0.3, -0.25) is 19.2 Å². The molecule has 4 amide bonds. The van der Waals surface area contributed by atoms with Crippen molar-refractivity contribution < 1.29 is 39.3 Å². The molecule has 10 N–H and O–H groups in total. The molecule has 200 valence electrons. The number of nitrogens with two attached hydrogens (primary N) is 2. The standard InChI is InChI=1S/C23H35N5O8/c1-12(2)9-16(26-20(32)15(24)7-8-19(25)31)21(33)28-18(11-29)22(34)27-17(23(35)36)10-13-3-5-14(30)6-4-13/h3-6,12,15-18,29-30H,7-11,24H2,1-2H3,(H2,25,31)(H,26,32)(H,27,34)(H,28,33)(H,35,36). The predicted molar refractivity (Wildman–Crippen MR) is 128 cm³/mol. The molecule has 0 aliphatic heterocycles. The summed E-state index contributed by atoms with van der Waals surface area (Å²) in [6, 6.07) is 0.675. The van der Waals surface area contributed by atoms with Crippen LogP contribution in [0.15, 0.2) is 24.3 Å². The van der Waals surface area contributed by atoms with Gasteiger partial charge in [0.15, 0.2) is 0 Å². The molecule has 0 aliphatic rings. The SMILES string of the molecule is CC(C)CC(NC(=O)C(N)CCC(N)=O)C(=O)NC(CO)C(=O)NC(Cc1ccc(O)cc1)C(=O)O. The number of primary amides is 1. The summed E-state index contributed by atoms with van der Waals surface area (Å²) in [6.07, 6.45) is -0.0606. The predicted octanol–water partition coefficient (Wildman–Crippen LogP) is -1.90. The van der Waals surface area contributed by atoms with Crippen LogP contribution in [0.3, 0.4) is 0 Å². The van der Waals surface area contributed by atoms with Crippen molar-refractivity contribution in [1.29, 1.82) is 0 Å². The second kappa shape index (κ2) is 14.6. The molecule has 13 heteroatoms. The Morgan fingerprint density at radius 2 is 1.42 bits per heavy atom. The van der Waals surface area contributed by atoms with E-state index in [-0.39, 0.29) is 37.4 Å². The van der Waals surface area contributed by atoms with Gasteiger partial charge in [-0.05, 0) is 36.5 Å². The van der Waals surface area contributed by atoms with Crippen molar-refractivity contribution in [2.45, 2.75) is 63.7 Å². The number of phenols is 1. The lowest BCUT2D eigenvalue weighted by molar-refractivity contribution is -0.142. The van der Waals surface area contributed by atoms with Gasteiger partial charge in [0, 0.05) is 12.8 Å². The second-order valence-corrected chi connectivity index (χ2v) is 8.82. The van der Waals surface area contributed by atoms with Crippen LogP contribution in [-0.4, -0.2) is 75.7 Å². The number of aliphatic hydroxyl groups is 1. The summed E-state index contributed by atoms with van der Waals surface area (Å²) in [7, 11) is 0. The minimum Gasteiger partial charge on any atom is -0.508 e. The summed E-state index contributed by atoms with van der Waals surface area (Å²) in [4.78, 5) is 60.4. The summed E-state index contributed by atoms with van der Waals surface area (Å²) >= 11 is 0. The number of aromatic hydroxyl groups is 1. The first-order valence-corrected chi connectivity index (χ1v) is 11.4. The van der Waals surface area contributed by atoms with Gasteiger partial charge in [-0.1, -0.05) is 26.0 Å². The Hall–Kier alpha value is -3.71. The van der Waals surface area contributed by atoms with Gasteiger partial charge in [0.05, 0.1) is 12.6 Å². The lowest BCUT2D eigenvalue weighted by Crippen LogP contribution is -2.58. The molecule has 0 radical (unpaired) electrons. The molecule has 0 aliphatic carbocycles. The van der Waals surface area contributed by atoms with Crippen LogP contribution < -0.4 is 27.4 Å². The molecule has 0 saturated carbocycles. The van der Waals surface area contributed by atoms with E-state index in [1.807, 2.05) is 0 Å². The van der Waals surface area contributed by atoms with Crippen LogP contribution in [0.4, 0.5) is 0 Å². The molecule has 0 bridgehead atoms. The van der Waals surface area contributed by atoms with E-state index in [4.69, 9.17) is 11.5 Å². The molecular formula is C23H35N5O8. The van der Waals surface area contributed by atoms with Gasteiger partial charge in [0.25, 0.3) is 0 Å². The van der Waals surface area contributed by atoms with E-state index in [9.17, 15) is 39.3 Å². The Morgan fingerprint density at radius 3 is 1.92 bits per heavy atom. The third-order valence-corrected chi connectivity index (χ3v) is 5.18. The van der Waals surface area contributed by atoms with Gasteiger partial charge in [-0.25, -0.2) is 4.79 Å². The summed E-state index contributed by atoms with van der Waals surface area (Å²) in [5.74, 6) is -4.43. The van der Waals surface area contributed by atoms with Crippen molar-refractivity contribution in [2.75, 3.05) is 6.61 Å². The Balaban J connectivity index is 2.86. The van der Waals surface area contributed by atoms with Crippen LogP contribution in [-0.2, 0) is 30.4 Å². The van der Waals surface area contributed by atoms with Crippen molar-refractivity contribution >= 4 is 29.6 Å². The Labute approximate surface area is 208 Å². The first kappa shape index (κ1) is 30.3. The summed E-state index contributed by atoms with van der Waals surface area (Å²) in [5.41, 5.74) is 11.3. The van der Waals surface area contributed by atoms with E-state index in [2.05, 4.69) is 16.0 Å². The first-order chi connectivity index (χ1) is 16.8. The lowest BCUT2D eigenvalue weighted by Gasteiger charge is -2.25. The largest absolute Gasteiger partial charge is 0.508 e. The highest BCUT2D eigenvalue weighted by molar-refractivity contribution is 5.94. The monoisotopic (exact) mass is 509 g/mol. The molecule has 1 aromatic carbocycles. The number of carbonyl (C=O) groups excluding carboxylic acids is 4. The van der Waals surface area contributed by atoms with E-state index in [0.29, 0.717) is 5.56 Å². The van der Waals surface area contributed by atoms with Crippen molar-refractivity contribution in [3.05, 3.63) is 29.8 Å². The molecule has 36 heavy (non-hydrogen) atoms. The van der Waals surface area contributed by atoms with Crippen molar-refractivity contribution in [3.8, 4) is 5.75 Å². The topological polar surface area (TPSA) is 234 Å². The third kappa shape index (κ3) is 10.7. The number of hydrogen-bond acceptors (Lipinski definition) is 8. The second-order valence-electron chi connectivity index (χ2n) is 8.82. The zero-order valence-corrected chi connectivity index (χ0v) is 20.3. The maximum atomic E-state index is 12.8. The highest BCUT2D eigenvalue weighted by Crippen LogP contribution is 2.12. The van der Waals surface area contributed by atoms with Crippen LogP contribution in [0.25, 0.3) is 0 Å². The Kier molecular flexibility index (Phi) is 12.3. The maximum Gasteiger partial charge on any atom is 0.326 e. The van der Waals surface area contributed by atoms with E-state index in [0.717, 1.165) is 0 Å². The molecule has 4 atom stereocenters. The van der Waals surface area contributed by atoms with Crippen molar-refractivity contribution in [1.82, 2.24) is 16.0 Å². The van der Waals surface area contributed by atoms with Gasteiger partial charge >= 0.3 is 5.97 Å². The summed E-state index contributed by atoms with van der Waals surface area (Å²) in [5, 5.41) is 35.6. The number of carboxylic acids is 1.